The average molecular weight is 396 g/mol. The second-order valence-corrected chi connectivity index (χ2v) is 7.22. The van der Waals surface area contributed by atoms with Crippen molar-refractivity contribution >= 4 is 47.4 Å². The maximum Gasteiger partial charge on any atom is 0.318 e. The zero-order valence-corrected chi connectivity index (χ0v) is 16.4. The summed E-state index contributed by atoms with van der Waals surface area (Å²) in [5.74, 6) is -1.43. The van der Waals surface area contributed by atoms with Crippen molar-refractivity contribution in [1.82, 2.24) is 0 Å². The second kappa shape index (κ2) is 13.8. The van der Waals surface area contributed by atoms with Crippen molar-refractivity contribution in [3.8, 4) is 0 Å². The quantitative estimate of drug-likeness (QED) is 0.268. The summed E-state index contributed by atoms with van der Waals surface area (Å²) in [5, 5.41) is -0.459. The van der Waals surface area contributed by atoms with Crippen molar-refractivity contribution in [3.63, 3.8) is 0 Å². The van der Waals surface area contributed by atoms with E-state index in [1.165, 1.54) is 26.0 Å². The summed E-state index contributed by atoms with van der Waals surface area (Å²) in [6, 6.07) is 0. The van der Waals surface area contributed by atoms with Crippen LogP contribution in [0.4, 0.5) is 0 Å². The molecule has 0 aliphatic carbocycles. The number of ether oxygens (including phenoxy) is 4. The van der Waals surface area contributed by atoms with Gasteiger partial charge in [0, 0.05) is 5.75 Å². The fourth-order valence-electron chi connectivity index (χ4n) is 1.41. The molecule has 2 atom stereocenters. The van der Waals surface area contributed by atoms with E-state index >= 15 is 0 Å². The van der Waals surface area contributed by atoms with Crippen molar-refractivity contribution in [2.75, 3.05) is 44.7 Å². The molecule has 0 aromatic carbocycles. The molecule has 25 heavy (non-hydrogen) atoms. The molecular formula is C15H24O8S2. The topological polar surface area (TPSA) is 105 Å². The molecule has 0 aliphatic rings. The van der Waals surface area contributed by atoms with Gasteiger partial charge in [-0.2, -0.15) is 0 Å². The van der Waals surface area contributed by atoms with E-state index in [2.05, 4.69) is 9.47 Å². The van der Waals surface area contributed by atoms with E-state index < -0.39 is 23.2 Å². The van der Waals surface area contributed by atoms with Crippen LogP contribution in [0.3, 0.4) is 0 Å². The summed E-state index contributed by atoms with van der Waals surface area (Å²) >= 11 is 2.36. The first-order valence-electron chi connectivity index (χ1n) is 7.48. The van der Waals surface area contributed by atoms with Crippen LogP contribution in [0, 0.1) is 5.92 Å². The third-order valence-corrected chi connectivity index (χ3v) is 5.06. The standard InChI is InChI=1S/C15H24O8S2/c1-10(14(18)20-3)7-24-8-12(16)22-5-6-23-13(17)9-25-11(2)15(19)21-4/h10-11H,5-9H2,1-4H3. The second-order valence-electron chi connectivity index (χ2n) is 4.86. The lowest BCUT2D eigenvalue weighted by Gasteiger charge is -2.10. The third kappa shape index (κ3) is 11.7. The Bertz CT molecular complexity index is 455. The molecule has 0 spiro atoms. The fraction of sp³-hybridized carbons (Fsp3) is 0.733. The van der Waals surface area contributed by atoms with Crippen LogP contribution in [0.1, 0.15) is 13.8 Å². The minimum Gasteiger partial charge on any atom is -0.469 e. The van der Waals surface area contributed by atoms with Gasteiger partial charge in [-0.1, -0.05) is 6.92 Å². The van der Waals surface area contributed by atoms with E-state index in [0.29, 0.717) is 5.75 Å². The van der Waals surface area contributed by atoms with Crippen LogP contribution < -0.4 is 0 Å². The first kappa shape index (κ1) is 23.6. The number of rotatable bonds is 12. The highest BCUT2D eigenvalue weighted by atomic mass is 32.2. The van der Waals surface area contributed by atoms with Gasteiger partial charge in [-0.05, 0) is 6.92 Å². The maximum atomic E-state index is 11.5. The molecule has 0 rings (SSSR count). The van der Waals surface area contributed by atoms with E-state index in [-0.39, 0.29) is 36.6 Å². The number of thioether (sulfide) groups is 2. The summed E-state index contributed by atoms with van der Waals surface area (Å²) in [4.78, 5) is 45.3. The van der Waals surface area contributed by atoms with E-state index in [1.807, 2.05) is 0 Å². The van der Waals surface area contributed by atoms with Gasteiger partial charge in [-0.3, -0.25) is 19.2 Å². The molecule has 0 aromatic rings. The number of carbonyl (C=O) groups excluding carboxylic acids is 4. The van der Waals surface area contributed by atoms with Crippen LogP contribution in [0.2, 0.25) is 0 Å². The molecule has 0 aliphatic heterocycles. The molecule has 0 N–H and O–H groups in total. The first-order valence-corrected chi connectivity index (χ1v) is 9.68. The van der Waals surface area contributed by atoms with Crippen LogP contribution >= 0.6 is 23.5 Å². The van der Waals surface area contributed by atoms with Gasteiger partial charge in [0.05, 0.1) is 31.6 Å². The Morgan fingerprint density at radius 1 is 0.840 bits per heavy atom. The smallest absolute Gasteiger partial charge is 0.318 e. The Morgan fingerprint density at radius 3 is 1.88 bits per heavy atom. The monoisotopic (exact) mass is 396 g/mol. The van der Waals surface area contributed by atoms with Crippen LogP contribution in [0.25, 0.3) is 0 Å². The Kier molecular flexibility index (Phi) is 13.0. The first-order chi connectivity index (χ1) is 11.8. The lowest BCUT2D eigenvalue weighted by Crippen LogP contribution is -2.20. The van der Waals surface area contributed by atoms with Gasteiger partial charge in [-0.25, -0.2) is 0 Å². The molecule has 2 unspecified atom stereocenters. The average Bonchev–Trinajstić information content (AvgIpc) is 2.61. The van der Waals surface area contributed by atoms with Crippen molar-refractivity contribution < 1.29 is 38.1 Å². The van der Waals surface area contributed by atoms with Gasteiger partial charge in [0.15, 0.2) is 0 Å². The highest BCUT2D eigenvalue weighted by Crippen LogP contribution is 2.12. The van der Waals surface area contributed by atoms with Crippen molar-refractivity contribution in [2.24, 2.45) is 5.92 Å². The van der Waals surface area contributed by atoms with Gasteiger partial charge in [-0.15, -0.1) is 23.5 Å². The molecule has 0 radical (unpaired) electrons. The molecule has 0 saturated heterocycles. The SMILES string of the molecule is COC(=O)C(C)CSCC(=O)OCCOC(=O)CSC(C)C(=O)OC. The lowest BCUT2D eigenvalue weighted by molar-refractivity contribution is -0.148. The van der Waals surface area contributed by atoms with Crippen LogP contribution in [-0.2, 0) is 38.1 Å². The minimum atomic E-state index is -0.502. The molecule has 0 saturated carbocycles. The van der Waals surface area contributed by atoms with E-state index in [0.717, 1.165) is 11.8 Å². The molecule has 0 heterocycles. The van der Waals surface area contributed by atoms with Crippen molar-refractivity contribution in [2.45, 2.75) is 19.1 Å². The van der Waals surface area contributed by atoms with Gasteiger partial charge in [0.2, 0.25) is 0 Å². The van der Waals surface area contributed by atoms with Crippen molar-refractivity contribution in [1.29, 1.82) is 0 Å². The molecule has 0 bridgehead atoms. The zero-order chi connectivity index (χ0) is 19.2. The Morgan fingerprint density at radius 2 is 1.36 bits per heavy atom. The number of methoxy groups -OCH3 is 2. The van der Waals surface area contributed by atoms with Gasteiger partial charge in [0.1, 0.15) is 18.5 Å². The van der Waals surface area contributed by atoms with Crippen LogP contribution in [-0.4, -0.2) is 73.8 Å². The highest BCUT2D eigenvalue weighted by molar-refractivity contribution is 8.01. The van der Waals surface area contributed by atoms with Crippen LogP contribution in [0.5, 0.6) is 0 Å². The number of hydrogen-bond acceptors (Lipinski definition) is 10. The van der Waals surface area contributed by atoms with Crippen LogP contribution in [0.15, 0.2) is 0 Å². The van der Waals surface area contributed by atoms with Gasteiger partial charge in [0.25, 0.3) is 0 Å². The number of esters is 4. The number of hydrogen-bond donors (Lipinski definition) is 0. The van der Waals surface area contributed by atoms with Gasteiger partial charge < -0.3 is 18.9 Å². The predicted molar refractivity (Wildman–Crippen MR) is 94.4 cm³/mol. The molecule has 8 nitrogen and oxygen atoms in total. The molecule has 0 fully saturated rings. The molecule has 10 heteroatoms. The molecule has 0 aromatic heterocycles. The van der Waals surface area contributed by atoms with Crippen molar-refractivity contribution in [3.05, 3.63) is 0 Å². The summed E-state index contributed by atoms with van der Waals surface area (Å²) in [6.07, 6.45) is 0. The van der Waals surface area contributed by atoms with Gasteiger partial charge >= 0.3 is 23.9 Å². The Labute approximate surface area is 155 Å². The summed E-state index contributed by atoms with van der Waals surface area (Å²) in [5.41, 5.74) is 0. The fourth-order valence-corrected chi connectivity index (χ4v) is 2.97. The zero-order valence-electron chi connectivity index (χ0n) is 14.8. The normalized spacial score (nSPS) is 12.6. The summed E-state index contributed by atoms with van der Waals surface area (Å²) < 4.78 is 18.9. The highest BCUT2D eigenvalue weighted by Gasteiger charge is 2.16. The molecular weight excluding hydrogens is 372 g/mol. The maximum absolute atomic E-state index is 11.5. The van der Waals surface area contributed by atoms with E-state index in [4.69, 9.17) is 9.47 Å². The molecule has 0 amide bonds. The number of carbonyl (C=O) groups is 4. The summed E-state index contributed by atoms with van der Waals surface area (Å²) in [7, 11) is 2.59. The lowest BCUT2D eigenvalue weighted by atomic mass is 10.2. The Hall–Kier alpha value is -1.42. The Balaban J connectivity index is 3.69. The molecule has 144 valence electrons. The van der Waals surface area contributed by atoms with E-state index in [1.54, 1.807) is 13.8 Å². The minimum absolute atomic E-state index is 0.00544. The third-order valence-electron chi connectivity index (χ3n) is 2.79. The predicted octanol–water partition coefficient (Wildman–Crippen LogP) is 0.910. The largest absolute Gasteiger partial charge is 0.469 e. The van der Waals surface area contributed by atoms with E-state index in [9.17, 15) is 19.2 Å². The summed E-state index contributed by atoms with van der Waals surface area (Å²) in [6.45, 7) is 3.24.